The standard InChI is InChI=1S/C19H17N5O2S/c25-17(21-9-7-13-11-22-16-6-2-1-5-15(13)16)12-27-19-24-23-18(26-19)14-4-3-8-20-10-14/h1-6,8,10-11,22H,7,9,12H2,(H,21,25). The summed E-state index contributed by atoms with van der Waals surface area (Å²) >= 11 is 1.22. The van der Waals surface area contributed by atoms with Crippen molar-refractivity contribution in [2.45, 2.75) is 11.6 Å². The van der Waals surface area contributed by atoms with Crippen LogP contribution in [0.4, 0.5) is 0 Å². The van der Waals surface area contributed by atoms with Gasteiger partial charge in [-0.3, -0.25) is 9.78 Å². The molecule has 0 bridgehead atoms. The Hall–Kier alpha value is -3.13. The Labute approximate surface area is 159 Å². The highest BCUT2D eigenvalue weighted by atomic mass is 32.2. The second-order valence-electron chi connectivity index (χ2n) is 5.86. The zero-order valence-corrected chi connectivity index (χ0v) is 15.2. The number of benzene rings is 1. The summed E-state index contributed by atoms with van der Waals surface area (Å²) in [7, 11) is 0. The number of rotatable bonds is 7. The Bertz CT molecular complexity index is 1040. The van der Waals surface area contributed by atoms with Gasteiger partial charge < -0.3 is 14.7 Å². The number of carbonyl (C=O) groups is 1. The van der Waals surface area contributed by atoms with E-state index < -0.39 is 0 Å². The van der Waals surface area contributed by atoms with E-state index in [0.29, 0.717) is 17.7 Å². The van der Waals surface area contributed by atoms with Gasteiger partial charge in [-0.15, -0.1) is 10.2 Å². The van der Waals surface area contributed by atoms with Crippen LogP contribution < -0.4 is 5.32 Å². The monoisotopic (exact) mass is 379 g/mol. The molecule has 4 rings (SSSR count). The van der Waals surface area contributed by atoms with Crippen LogP contribution in [0.3, 0.4) is 0 Å². The van der Waals surface area contributed by atoms with Crippen LogP contribution >= 0.6 is 11.8 Å². The molecule has 0 atom stereocenters. The van der Waals surface area contributed by atoms with Gasteiger partial charge in [-0.05, 0) is 30.2 Å². The van der Waals surface area contributed by atoms with E-state index in [-0.39, 0.29) is 11.7 Å². The molecule has 4 aromatic rings. The first-order valence-corrected chi connectivity index (χ1v) is 9.46. The van der Waals surface area contributed by atoms with E-state index in [1.807, 2.05) is 30.5 Å². The minimum absolute atomic E-state index is 0.0685. The lowest BCUT2D eigenvalue weighted by atomic mass is 10.1. The highest BCUT2D eigenvalue weighted by Crippen LogP contribution is 2.22. The van der Waals surface area contributed by atoms with Crippen LogP contribution in [-0.4, -0.2) is 38.4 Å². The minimum atomic E-state index is -0.0685. The van der Waals surface area contributed by atoms with Crippen molar-refractivity contribution < 1.29 is 9.21 Å². The summed E-state index contributed by atoms with van der Waals surface area (Å²) in [5.74, 6) is 0.550. The maximum absolute atomic E-state index is 12.0. The van der Waals surface area contributed by atoms with Crippen LogP contribution in [0.25, 0.3) is 22.4 Å². The molecular formula is C19H17N5O2S. The number of thioether (sulfide) groups is 1. The number of fused-ring (bicyclic) bond motifs is 1. The normalized spacial score (nSPS) is 11.0. The summed E-state index contributed by atoms with van der Waals surface area (Å²) in [5.41, 5.74) is 3.05. The first-order valence-electron chi connectivity index (χ1n) is 8.48. The summed E-state index contributed by atoms with van der Waals surface area (Å²) in [6, 6.07) is 11.8. The smallest absolute Gasteiger partial charge is 0.277 e. The third-order valence-electron chi connectivity index (χ3n) is 4.03. The molecular weight excluding hydrogens is 362 g/mol. The van der Waals surface area contributed by atoms with Crippen molar-refractivity contribution in [2.24, 2.45) is 0 Å². The van der Waals surface area contributed by atoms with E-state index in [4.69, 9.17) is 4.42 Å². The summed E-state index contributed by atoms with van der Waals surface area (Å²) in [6.45, 7) is 0.575. The molecule has 27 heavy (non-hydrogen) atoms. The van der Waals surface area contributed by atoms with Crippen LogP contribution in [0, 0.1) is 0 Å². The van der Waals surface area contributed by atoms with E-state index in [9.17, 15) is 4.79 Å². The average molecular weight is 379 g/mol. The van der Waals surface area contributed by atoms with Gasteiger partial charge in [0.2, 0.25) is 11.8 Å². The van der Waals surface area contributed by atoms with Crippen LogP contribution in [0.2, 0.25) is 0 Å². The van der Waals surface area contributed by atoms with Crippen molar-refractivity contribution in [3.8, 4) is 11.5 Å². The summed E-state index contributed by atoms with van der Waals surface area (Å²) in [5, 5.41) is 12.4. The number of para-hydroxylation sites is 1. The molecule has 0 saturated carbocycles. The van der Waals surface area contributed by atoms with Crippen molar-refractivity contribution >= 4 is 28.6 Å². The number of pyridine rings is 1. The van der Waals surface area contributed by atoms with Gasteiger partial charge in [0.1, 0.15) is 0 Å². The second-order valence-corrected chi connectivity index (χ2v) is 6.79. The summed E-state index contributed by atoms with van der Waals surface area (Å²) < 4.78 is 5.55. The number of hydrogen-bond acceptors (Lipinski definition) is 6. The van der Waals surface area contributed by atoms with E-state index >= 15 is 0 Å². The zero-order chi connectivity index (χ0) is 18.5. The quantitative estimate of drug-likeness (QED) is 0.479. The van der Waals surface area contributed by atoms with Gasteiger partial charge in [0, 0.05) is 36.0 Å². The lowest BCUT2D eigenvalue weighted by Gasteiger charge is -2.03. The highest BCUT2D eigenvalue weighted by Gasteiger charge is 2.11. The molecule has 3 heterocycles. The number of hydrogen-bond donors (Lipinski definition) is 2. The van der Waals surface area contributed by atoms with Crippen LogP contribution in [0.5, 0.6) is 0 Å². The fourth-order valence-electron chi connectivity index (χ4n) is 2.73. The third-order valence-corrected chi connectivity index (χ3v) is 4.85. The molecule has 1 aromatic carbocycles. The summed E-state index contributed by atoms with van der Waals surface area (Å²) in [6.07, 6.45) is 6.09. The predicted octanol–water partition coefficient (Wildman–Crippen LogP) is 3.06. The Morgan fingerprint density at radius 1 is 1.19 bits per heavy atom. The lowest BCUT2D eigenvalue weighted by Crippen LogP contribution is -2.27. The first kappa shape index (κ1) is 17.3. The van der Waals surface area contributed by atoms with Crippen LogP contribution in [-0.2, 0) is 11.2 Å². The molecule has 0 radical (unpaired) electrons. The largest absolute Gasteiger partial charge is 0.411 e. The molecule has 0 unspecified atom stereocenters. The van der Waals surface area contributed by atoms with Gasteiger partial charge in [-0.25, -0.2) is 0 Å². The molecule has 0 aliphatic rings. The molecule has 0 aliphatic carbocycles. The number of carbonyl (C=O) groups excluding carboxylic acids is 1. The molecule has 1 amide bonds. The van der Waals surface area contributed by atoms with Gasteiger partial charge in [0.15, 0.2) is 0 Å². The number of nitrogens with one attached hydrogen (secondary N) is 2. The molecule has 3 aromatic heterocycles. The van der Waals surface area contributed by atoms with Crippen molar-refractivity contribution in [1.29, 1.82) is 0 Å². The maximum atomic E-state index is 12.0. The van der Waals surface area contributed by atoms with Gasteiger partial charge >= 0.3 is 0 Å². The number of aromatic amines is 1. The molecule has 0 aliphatic heterocycles. The van der Waals surface area contributed by atoms with E-state index in [0.717, 1.165) is 17.5 Å². The Morgan fingerprint density at radius 3 is 3.00 bits per heavy atom. The molecule has 7 nitrogen and oxygen atoms in total. The fraction of sp³-hybridized carbons (Fsp3) is 0.158. The van der Waals surface area contributed by atoms with E-state index in [1.165, 1.54) is 22.7 Å². The van der Waals surface area contributed by atoms with Gasteiger partial charge in [-0.1, -0.05) is 30.0 Å². The SMILES string of the molecule is O=C(CSc1nnc(-c2cccnc2)o1)NCCc1c[nH]c2ccccc12. The fourth-order valence-corrected chi connectivity index (χ4v) is 3.32. The Kier molecular flexibility index (Phi) is 5.15. The molecule has 2 N–H and O–H groups in total. The number of amides is 1. The highest BCUT2D eigenvalue weighted by molar-refractivity contribution is 7.99. The molecule has 0 spiro atoms. The van der Waals surface area contributed by atoms with Gasteiger partial charge in [-0.2, -0.15) is 0 Å². The van der Waals surface area contributed by atoms with Crippen molar-refractivity contribution in [2.75, 3.05) is 12.3 Å². The third kappa shape index (κ3) is 4.17. The molecule has 0 fully saturated rings. The molecule has 0 saturated heterocycles. The van der Waals surface area contributed by atoms with Crippen LogP contribution in [0.1, 0.15) is 5.56 Å². The van der Waals surface area contributed by atoms with Crippen LogP contribution in [0.15, 0.2) is 64.6 Å². The molecule has 136 valence electrons. The number of nitrogens with zero attached hydrogens (tertiary/aromatic N) is 3. The minimum Gasteiger partial charge on any atom is -0.411 e. The van der Waals surface area contributed by atoms with Crippen molar-refractivity contribution in [1.82, 2.24) is 25.5 Å². The Balaban J connectivity index is 1.25. The van der Waals surface area contributed by atoms with E-state index in [2.05, 4.69) is 31.5 Å². The van der Waals surface area contributed by atoms with Crippen molar-refractivity contribution in [3.05, 3.63) is 60.6 Å². The summed E-state index contributed by atoms with van der Waals surface area (Å²) in [4.78, 5) is 19.3. The molecule has 8 heteroatoms. The number of aromatic nitrogens is 4. The predicted molar refractivity (Wildman–Crippen MR) is 103 cm³/mol. The maximum Gasteiger partial charge on any atom is 0.277 e. The lowest BCUT2D eigenvalue weighted by molar-refractivity contribution is -0.118. The zero-order valence-electron chi connectivity index (χ0n) is 14.4. The van der Waals surface area contributed by atoms with Gasteiger partial charge in [0.05, 0.1) is 11.3 Å². The topological polar surface area (TPSA) is 96.7 Å². The Morgan fingerprint density at radius 2 is 2.11 bits per heavy atom. The second kappa shape index (κ2) is 8.05. The first-order chi connectivity index (χ1) is 13.3. The van der Waals surface area contributed by atoms with Gasteiger partial charge in [0.25, 0.3) is 5.22 Å². The van der Waals surface area contributed by atoms with E-state index in [1.54, 1.807) is 18.5 Å². The van der Waals surface area contributed by atoms with Crippen molar-refractivity contribution in [3.63, 3.8) is 0 Å². The number of H-pyrrole nitrogens is 1. The average Bonchev–Trinajstić information content (AvgIpc) is 3.35.